The molecule has 0 aromatic carbocycles. The summed E-state index contributed by atoms with van der Waals surface area (Å²) in [7, 11) is 0. The van der Waals surface area contributed by atoms with E-state index in [1.54, 1.807) is 0 Å². The summed E-state index contributed by atoms with van der Waals surface area (Å²) in [6, 6.07) is 0. The molecular weight excluding hydrogens is 184 g/mol. The third-order valence-corrected chi connectivity index (χ3v) is 3.41. The van der Waals surface area contributed by atoms with Gasteiger partial charge < -0.3 is 10.2 Å². The fourth-order valence-corrected chi connectivity index (χ4v) is 2.24. The molecule has 0 spiro atoms. The molecule has 0 saturated carbocycles. The Kier molecular flexibility index (Phi) is 5.62. The minimum Gasteiger partial charge on any atom is -0.315 e. The number of rotatable bonds is 6. The third kappa shape index (κ3) is 4.98. The second-order valence-corrected chi connectivity index (χ2v) is 5.69. The van der Waals surface area contributed by atoms with E-state index in [1.165, 1.54) is 26.1 Å². The minimum absolute atomic E-state index is 0.770. The molecule has 1 heterocycles. The van der Waals surface area contributed by atoms with Crippen LogP contribution in [0.15, 0.2) is 0 Å². The van der Waals surface area contributed by atoms with Gasteiger partial charge in [0.1, 0.15) is 0 Å². The lowest BCUT2D eigenvalue weighted by Crippen LogP contribution is -2.32. The zero-order valence-corrected chi connectivity index (χ0v) is 10.9. The maximum Gasteiger partial charge on any atom is 0.0107 e. The Morgan fingerprint density at radius 2 is 2.00 bits per heavy atom. The molecule has 1 aliphatic heterocycles. The summed E-state index contributed by atoms with van der Waals surface area (Å²) in [5, 5.41) is 3.51. The normalized spacial score (nSPS) is 23.2. The van der Waals surface area contributed by atoms with Crippen molar-refractivity contribution in [3.63, 3.8) is 0 Å². The fraction of sp³-hybridized carbons (Fsp3) is 1.00. The smallest absolute Gasteiger partial charge is 0.0107 e. The zero-order chi connectivity index (χ0) is 11.3. The van der Waals surface area contributed by atoms with Crippen molar-refractivity contribution in [3.8, 4) is 0 Å². The van der Waals surface area contributed by atoms with Crippen molar-refractivity contribution in [2.75, 3.05) is 32.7 Å². The highest BCUT2D eigenvalue weighted by molar-refractivity contribution is 4.77. The zero-order valence-electron chi connectivity index (χ0n) is 10.9. The van der Waals surface area contributed by atoms with Gasteiger partial charge in [0.2, 0.25) is 0 Å². The Bertz CT molecular complexity index is 166. The lowest BCUT2D eigenvalue weighted by atomic mass is 9.95. The lowest BCUT2D eigenvalue weighted by Gasteiger charge is -2.18. The molecule has 2 heteroatoms. The molecule has 2 nitrogen and oxygen atoms in total. The van der Waals surface area contributed by atoms with Crippen molar-refractivity contribution in [2.45, 2.75) is 34.1 Å². The number of nitrogens with one attached hydrogen (secondary N) is 1. The van der Waals surface area contributed by atoms with Crippen molar-refractivity contribution in [3.05, 3.63) is 0 Å². The van der Waals surface area contributed by atoms with Gasteiger partial charge in [0.05, 0.1) is 0 Å². The summed E-state index contributed by atoms with van der Waals surface area (Å²) >= 11 is 0. The molecule has 1 unspecified atom stereocenters. The van der Waals surface area contributed by atoms with E-state index in [2.05, 4.69) is 37.9 Å². The van der Waals surface area contributed by atoms with Crippen LogP contribution in [0, 0.1) is 17.8 Å². The number of hydrogen-bond acceptors (Lipinski definition) is 2. The Morgan fingerprint density at radius 3 is 2.53 bits per heavy atom. The van der Waals surface area contributed by atoms with Crippen molar-refractivity contribution in [2.24, 2.45) is 17.8 Å². The van der Waals surface area contributed by atoms with Crippen LogP contribution in [0.4, 0.5) is 0 Å². The van der Waals surface area contributed by atoms with Crippen molar-refractivity contribution < 1.29 is 0 Å². The van der Waals surface area contributed by atoms with Gasteiger partial charge in [-0.1, -0.05) is 27.7 Å². The maximum atomic E-state index is 3.51. The van der Waals surface area contributed by atoms with E-state index in [0.29, 0.717) is 0 Å². The minimum atomic E-state index is 0.770. The molecule has 15 heavy (non-hydrogen) atoms. The van der Waals surface area contributed by atoms with Crippen LogP contribution in [0.1, 0.15) is 34.1 Å². The molecule has 0 aromatic rings. The average Bonchev–Trinajstić information content (AvgIpc) is 2.60. The highest BCUT2D eigenvalue weighted by Crippen LogP contribution is 2.22. The van der Waals surface area contributed by atoms with Gasteiger partial charge in [0.25, 0.3) is 0 Å². The van der Waals surface area contributed by atoms with Crippen molar-refractivity contribution in [1.82, 2.24) is 10.2 Å². The van der Waals surface area contributed by atoms with E-state index in [0.717, 1.165) is 30.8 Å². The molecule has 0 radical (unpaired) electrons. The van der Waals surface area contributed by atoms with Crippen LogP contribution in [0.5, 0.6) is 0 Å². The molecule has 90 valence electrons. The maximum absolute atomic E-state index is 3.51. The Morgan fingerprint density at radius 1 is 1.27 bits per heavy atom. The lowest BCUT2D eigenvalue weighted by molar-refractivity contribution is 0.300. The predicted molar refractivity (Wildman–Crippen MR) is 67.1 cm³/mol. The predicted octanol–water partition coefficient (Wildman–Crippen LogP) is 2.21. The van der Waals surface area contributed by atoms with Gasteiger partial charge in [-0.3, -0.25) is 0 Å². The van der Waals surface area contributed by atoms with E-state index in [1.807, 2.05) is 0 Å². The molecule has 1 fully saturated rings. The quantitative estimate of drug-likeness (QED) is 0.679. The summed E-state index contributed by atoms with van der Waals surface area (Å²) in [6.45, 7) is 15.4. The molecule has 1 saturated heterocycles. The van der Waals surface area contributed by atoms with Crippen LogP contribution in [-0.4, -0.2) is 37.6 Å². The summed E-state index contributed by atoms with van der Waals surface area (Å²) < 4.78 is 0. The Balaban J connectivity index is 2.04. The van der Waals surface area contributed by atoms with Gasteiger partial charge in [-0.05, 0) is 37.3 Å². The van der Waals surface area contributed by atoms with E-state index < -0.39 is 0 Å². The second-order valence-electron chi connectivity index (χ2n) is 5.69. The van der Waals surface area contributed by atoms with Gasteiger partial charge in [-0.2, -0.15) is 0 Å². The molecule has 0 aromatic heterocycles. The van der Waals surface area contributed by atoms with Gasteiger partial charge in [0.15, 0.2) is 0 Å². The van der Waals surface area contributed by atoms with E-state index >= 15 is 0 Å². The first-order chi connectivity index (χ1) is 7.09. The summed E-state index contributed by atoms with van der Waals surface area (Å²) in [5.74, 6) is 2.57. The molecule has 0 amide bonds. The first-order valence-corrected chi connectivity index (χ1v) is 6.52. The topological polar surface area (TPSA) is 15.3 Å². The van der Waals surface area contributed by atoms with E-state index in [4.69, 9.17) is 0 Å². The van der Waals surface area contributed by atoms with Gasteiger partial charge >= 0.3 is 0 Å². The van der Waals surface area contributed by atoms with Crippen LogP contribution < -0.4 is 5.32 Å². The first-order valence-electron chi connectivity index (χ1n) is 6.52. The van der Waals surface area contributed by atoms with Crippen LogP contribution in [0.2, 0.25) is 0 Å². The van der Waals surface area contributed by atoms with Gasteiger partial charge in [-0.15, -0.1) is 0 Å². The summed E-state index contributed by atoms with van der Waals surface area (Å²) in [5.41, 5.74) is 0. The van der Waals surface area contributed by atoms with Crippen molar-refractivity contribution in [1.29, 1.82) is 0 Å². The second kappa shape index (κ2) is 6.49. The molecule has 1 N–H and O–H groups in total. The van der Waals surface area contributed by atoms with Crippen molar-refractivity contribution >= 4 is 0 Å². The molecule has 0 bridgehead atoms. The Labute approximate surface area is 95.4 Å². The monoisotopic (exact) mass is 212 g/mol. The molecule has 0 aliphatic carbocycles. The van der Waals surface area contributed by atoms with Gasteiger partial charge in [0, 0.05) is 19.6 Å². The molecule has 1 aliphatic rings. The molecule has 1 atom stereocenters. The average molecular weight is 212 g/mol. The van der Waals surface area contributed by atoms with Crippen LogP contribution in [0.25, 0.3) is 0 Å². The highest BCUT2D eigenvalue weighted by atomic mass is 15.2. The summed E-state index contributed by atoms with van der Waals surface area (Å²) in [6.07, 6.45) is 1.40. The van der Waals surface area contributed by atoms with Gasteiger partial charge in [-0.25, -0.2) is 0 Å². The number of nitrogens with zero attached hydrogens (tertiary/aromatic N) is 1. The number of likely N-dealkylation sites (tertiary alicyclic amines) is 1. The highest BCUT2D eigenvalue weighted by Gasteiger charge is 2.23. The standard InChI is InChI=1S/C13H28N2/c1-11(2)9-14-6-8-15-7-5-13(10-15)12(3)4/h11-14H,5-10H2,1-4H3. The Hall–Kier alpha value is -0.0800. The van der Waals surface area contributed by atoms with E-state index in [-0.39, 0.29) is 0 Å². The third-order valence-electron chi connectivity index (χ3n) is 3.41. The van der Waals surface area contributed by atoms with Crippen LogP contribution >= 0.6 is 0 Å². The van der Waals surface area contributed by atoms with Crippen LogP contribution in [0.3, 0.4) is 0 Å². The van der Waals surface area contributed by atoms with E-state index in [9.17, 15) is 0 Å². The molecular formula is C13H28N2. The first kappa shape index (κ1) is 13.0. The number of hydrogen-bond donors (Lipinski definition) is 1. The SMILES string of the molecule is CC(C)CNCCN1CCC(C(C)C)C1. The van der Waals surface area contributed by atoms with Crippen LogP contribution in [-0.2, 0) is 0 Å². The largest absolute Gasteiger partial charge is 0.315 e. The fourth-order valence-electron chi connectivity index (χ4n) is 2.24. The summed E-state index contributed by atoms with van der Waals surface area (Å²) in [4.78, 5) is 2.61. The molecule has 1 rings (SSSR count).